The Morgan fingerprint density at radius 1 is 1.50 bits per heavy atom. The summed E-state index contributed by atoms with van der Waals surface area (Å²) in [4.78, 5) is 22.9. The van der Waals surface area contributed by atoms with E-state index >= 15 is 0 Å². The molecule has 2 aromatic rings. The molecule has 0 radical (unpaired) electrons. The Labute approximate surface area is 136 Å². The van der Waals surface area contributed by atoms with Gasteiger partial charge in [-0.15, -0.1) is 0 Å². The van der Waals surface area contributed by atoms with Gasteiger partial charge in [-0.3, -0.25) is 19.6 Å². The first-order valence-corrected chi connectivity index (χ1v) is 7.40. The van der Waals surface area contributed by atoms with Gasteiger partial charge in [0.15, 0.2) is 0 Å². The zero-order valence-corrected chi connectivity index (χ0v) is 13.2. The van der Waals surface area contributed by atoms with Crippen LogP contribution in [0.1, 0.15) is 27.3 Å². The Kier molecular flexibility index (Phi) is 4.02. The number of nitro groups is 1. The molecule has 9 heteroatoms. The standard InChI is InChI=1S/C15H16FN5O3/c1-8-13(21(23)24)14(20(2)19-8)15(22)18-11-4-3-9-7-17-6-5-10(9)12(11)16/h3-4,17H,5-7H2,1-2H3,(H,18,22). The molecular formula is C15H16FN5O3. The fourth-order valence-corrected chi connectivity index (χ4v) is 2.93. The van der Waals surface area contributed by atoms with Crippen LogP contribution in [-0.2, 0) is 20.0 Å². The van der Waals surface area contributed by atoms with Crippen LogP contribution in [0.2, 0.25) is 0 Å². The highest BCUT2D eigenvalue weighted by Gasteiger charge is 2.30. The zero-order chi connectivity index (χ0) is 17.4. The highest BCUT2D eigenvalue weighted by molar-refractivity contribution is 6.06. The lowest BCUT2D eigenvalue weighted by atomic mass is 9.99. The van der Waals surface area contributed by atoms with E-state index < -0.39 is 16.6 Å². The number of nitrogens with one attached hydrogen (secondary N) is 2. The van der Waals surface area contributed by atoms with Crippen molar-refractivity contribution in [3.8, 4) is 0 Å². The summed E-state index contributed by atoms with van der Waals surface area (Å²) in [5.41, 5.74) is 0.952. The van der Waals surface area contributed by atoms with E-state index in [0.717, 1.165) is 10.2 Å². The number of fused-ring (bicyclic) bond motifs is 1. The van der Waals surface area contributed by atoms with E-state index in [1.165, 1.54) is 20.0 Å². The molecule has 126 valence electrons. The molecule has 1 amide bonds. The van der Waals surface area contributed by atoms with Gasteiger partial charge in [0, 0.05) is 13.6 Å². The average molecular weight is 333 g/mol. The van der Waals surface area contributed by atoms with Gasteiger partial charge in [0.05, 0.1) is 10.6 Å². The van der Waals surface area contributed by atoms with Crippen molar-refractivity contribution in [2.24, 2.45) is 7.05 Å². The predicted octanol–water partition coefficient (Wildman–Crippen LogP) is 1.67. The maximum absolute atomic E-state index is 14.6. The molecule has 1 aliphatic rings. The fraction of sp³-hybridized carbons (Fsp3) is 0.333. The number of rotatable bonds is 3. The maximum Gasteiger partial charge on any atom is 0.322 e. The Hall–Kier alpha value is -2.81. The molecule has 8 nitrogen and oxygen atoms in total. The molecular weight excluding hydrogens is 317 g/mol. The third-order valence-electron chi connectivity index (χ3n) is 4.04. The summed E-state index contributed by atoms with van der Waals surface area (Å²) in [7, 11) is 1.43. The molecule has 0 unspecified atom stereocenters. The quantitative estimate of drug-likeness (QED) is 0.657. The number of aryl methyl sites for hydroxylation is 2. The molecule has 0 bridgehead atoms. The second kappa shape index (κ2) is 6.00. The molecule has 24 heavy (non-hydrogen) atoms. The minimum absolute atomic E-state index is 0.00815. The molecule has 1 aromatic heterocycles. The van der Waals surface area contributed by atoms with Crippen LogP contribution in [0, 0.1) is 22.9 Å². The van der Waals surface area contributed by atoms with E-state index in [-0.39, 0.29) is 22.8 Å². The predicted molar refractivity (Wildman–Crippen MR) is 84.4 cm³/mol. The summed E-state index contributed by atoms with van der Waals surface area (Å²) >= 11 is 0. The molecule has 3 rings (SSSR count). The van der Waals surface area contributed by atoms with Crippen LogP contribution in [0.4, 0.5) is 15.8 Å². The van der Waals surface area contributed by atoms with Crippen LogP contribution in [0.15, 0.2) is 12.1 Å². The largest absolute Gasteiger partial charge is 0.322 e. The number of anilines is 1. The molecule has 0 aliphatic carbocycles. The highest BCUT2D eigenvalue weighted by Crippen LogP contribution is 2.27. The number of carbonyl (C=O) groups is 1. The molecule has 1 aromatic carbocycles. The van der Waals surface area contributed by atoms with Crippen LogP contribution in [0.25, 0.3) is 0 Å². The lowest BCUT2D eigenvalue weighted by molar-refractivity contribution is -0.385. The second-order valence-corrected chi connectivity index (χ2v) is 5.61. The number of nitrogens with zero attached hydrogens (tertiary/aromatic N) is 3. The molecule has 1 aliphatic heterocycles. The van der Waals surface area contributed by atoms with Crippen LogP contribution < -0.4 is 10.6 Å². The fourth-order valence-electron chi connectivity index (χ4n) is 2.93. The second-order valence-electron chi connectivity index (χ2n) is 5.61. The number of benzene rings is 1. The normalized spacial score (nSPS) is 13.5. The van der Waals surface area contributed by atoms with Gasteiger partial charge in [-0.2, -0.15) is 5.10 Å². The molecule has 0 fully saturated rings. The van der Waals surface area contributed by atoms with Crippen molar-refractivity contribution < 1.29 is 14.1 Å². The minimum atomic E-state index is -0.766. The Bertz CT molecular complexity index is 846. The van der Waals surface area contributed by atoms with Crippen LogP contribution in [-0.4, -0.2) is 27.2 Å². The summed E-state index contributed by atoms with van der Waals surface area (Å²) < 4.78 is 15.7. The van der Waals surface area contributed by atoms with Crippen molar-refractivity contribution in [1.82, 2.24) is 15.1 Å². The first-order valence-electron chi connectivity index (χ1n) is 7.40. The van der Waals surface area contributed by atoms with Crippen molar-refractivity contribution in [3.05, 3.63) is 50.6 Å². The number of hydrogen-bond acceptors (Lipinski definition) is 5. The van der Waals surface area contributed by atoms with Gasteiger partial charge < -0.3 is 10.6 Å². The van der Waals surface area contributed by atoms with E-state index in [1.54, 1.807) is 6.07 Å². The molecule has 2 N–H and O–H groups in total. The third-order valence-corrected chi connectivity index (χ3v) is 4.04. The third kappa shape index (κ3) is 2.62. The zero-order valence-electron chi connectivity index (χ0n) is 13.2. The van der Waals surface area contributed by atoms with Crippen LogP contribution in [0.3, 0.4) is 0 Å². The first kappa shape index (κ1) is 16.1. The van der Waals surface area contributed by atoms with Crippen LogP contribution in [0.5, 0.6) is 0 Å². The summed E-state index contributed by atoms with van der Waals surface area (Å²) in [6.45, 7) is 2.68. The first-order chi connectivity index (χ1) is 11.4. The average Bonchev–Trinajstić information content (AvgIpc) is 2.85. The van der Waals surface area contributed by atoms with E-state index in [0.29, 0.717) is 25.1 Å². The summed E-state index contributed by atoms with van der Waals surface area (Å²) in [5.74, 6) is -1.26. The van der Waals surface area contributed by atoms with Crippen molar-refractivity contribution in [1.29, 1.82) is 0 Å². The SMILES string of the molecule is Cc1nn(C)c(C(=O)Nc2ccc3c(c2F)CCNC3)c1[N+](=O)[O-]. The number of aromatic nitrogens is 2. The number of amides is 1. The van der Waals surface area contributed by atoms with Gasteiger partial charge in [-0.1, -0.05) is 6.07 Å². The van der Waals surface area contributed by atoms with Crippen LogP contribution >= 0.6 is 0 Å². The van der Waals surface area contributed by atoms with Crippen molar-refractivity contribution in [2.75, 3.05) is 11.9 Å². The topological polar surface area (TPSA) is 102 Å². The van der Waals surface area contributed by atoms with E-state index in [4.69, 9.17) is 0 Å². The Balaban J connectivity index is 1.96. The number of hydrogen-bond donors (Lipinski definition) is 2. The number of carbonyl (C=O) groups excluding carboxylic acids is 1. The molecule has 0 saturated carbocycles. The van der Waals surface area contributed by atoms with Gasteiger partial charge in [-0.25, -0.2) is 4.39 Å². The van der Waals surface area contributed by atoms with Gasteiger partial charge in [0.25, 0.3) is 5.91 Å². The summed E-state index contributed by atoms with van der Waals surface area (Å²) in [6, 6.07) is 3.21. The molecule has 0 saturated heterocycles. The van der Waals surface area contributed by atoms with E-state index in [2.05, 4.69) is 15.7 Å². The number of halogens is 1. The monoisotopic (exact) mass is 333 g/mol. The van der Waals surface area contributed by atoms with Crippen molar-refractivity contribution in [3.63, 3.8) is 0 Å². The summed E-state index contributed by atoms with van der Waals surface area (Å²) in [6.07, 6.45) is 0.524. The Morgan fingerprint density at radius 3 is 2.96 bits per heavy atom. The molecule has 0 spiro atoms. The van der Waals surface area contributed by atoms with Gasteiger partial charge in [-0.05, 0) is 37.1 Å². The smallest absolute Gasteiger partial charge is 0.318 e. The van der Waals surface area contributed by atoms with Gasteiger partial charge >= 0.3 is 5.69 Å². The minimum Gasteiger partial charge on any atom is -0.318 e. The Morgan fingerprint density at radius 2 is 2.25 bits per heavy atom. The van der Waals surface area contributed by atoms with Crippen molar-refractivity contribution in [2.45, 2.75) is 19.9 Å². The lowest BCUT2D eigenvalue weighted by Gasteiger charge is -2.19. The van der Waals surface area contributed by atoms with Gasteiger partial charge in [0.1, 0.15) is 11.5 Å². The maximum atomic E-state index is 14.6. The van der Waals surface area contributed by atoms with Crippen molar-refractivity contribution >= 4 is 17.3 Å². The summed E-state index contributed by atoms with van der Waals surface area (Å²) in [5, 5.41) is 20.6. The highest BCUT2D eigenvalue weighted by atomic mass is 19.1. The lowest BCUT2D eigenvalue weighted by Crippen LogP contribution is -2.25. The van der Waals surface area contributed by atoms with E-state index in [1.807, 2.05) is 0 Å². The van der Waals surface area contributed by atoms with E-state index in [9.17, 15) is 19.3 Å². The van der Waals surface area contributed by atoms with Gasteiger partial charge in [0.2, 0.25) is 5.69 Å². The molecule has 0 atom stereocenters. The molecule has 2 heterocycles.